The Balaban J connectivity index is 1.61. The number of nitrogens with zero attached hydrogens (tertiary/aromatic N) is 1. The van der Waals surface area contributed by atoms with Crippen molar-refractivity contribution in [2.45, 2.75) is 20.5 Å². The second-order valence-electron chi connectivity index (χ2n) is 6.82. The van der Waals surface area contributed by atoms with E-state index in [2.05, 4.69) is 15.8 Å². The minimum Gasteiger partial charge on any atom is -0.493 e. The van der Waals surface area contributed by atoms with Crippen LogP contribution in [0.2, 0.25) is 0 Å². The molecule has 0 radical (unpaired) electrons. The summed E-state index contributed by atoms with van der Waals surface area (Å²) in [5, 5.41) is 6.77. The number of carbonyl (C=O) groups is 1. The number of aryl methyl sites for hydroxylation is 2. The standard InChI is InChI=1S/C24H25N3O3/c1-17-8-10-19(11-9-17)16-30-23-14-20(12-13-22(23)29-3)15-25-27-24(28)26-21-7-5-4-6-18(21)2/h4-15H,16H2,1-3H3,(H2,26,27,28)/b25-15-. The second kappa shape index (κ2) is 10.1. The largest absolute Gasteiger partial charge is 0.493 e. The van der Waals surface area contributed by atoms with E-state index in [1.807, 2.05) is 74.5 Å². The highest BCUT2D eigenvalue weighted by atomic mass is 16.5. The lowest BCUT2D eigenvalue weighted by Gasteiger charge is -2.11. The van der Waals surface area contributed by atoms with Crippen LogP contribution in [0, 0.1) is 13.8 Å². The molecule has 0 heterocycles. The van der Waals surface area contributed by atoms with Crippen LogP contribution in [0.1, 0.15) is 22.3 Å². The summed E-state index contributed by atoms with van der Waals surface area (Å²) in [6, 6.07) is 20.7. The predicted molar refractivity (Wildman–Crippen MR) is 119 cm³/mol. The van der Waals surface area contributed by atoms with Crippen molar-refractivity contribution in [2.75, 3.05) is 12.4 Å². The van der Waals surface area contributed by atoms with Crippen LogP contribution in [-0.2, 0) is 6.61 Å². The number of urea groups is 1. The summed E-state index contributed by atoms with van der Waals surface area (Å²) in [5.74, 6) is 1.23. The van der Waals surface area contributed by atoms with Crippen LogP contribution in [0.4, 0.5) is 10.5 Å². The van der Waals surface area contributed by atoms with Gasteiger partial charge in [0.25, 0.3) is 0 Å². The topological polar surface area (TPSA) is 72.0 Å². The van der Waals surface area contributed by atoms with Crippen LogP contribution in [0.15, 0.2) is 71.8 Å². The first kappa shape index (κ1) is 20.9. The lowest BCUT2D eigenvalue weighted by molar-refractivity contribution is 0.252. The molecule has 0 aliphatic carbocycles. The lowest BCUT2D eigenvalue weighted by Crippen LogP contribution is -2.24. The van der Waals surface area contributed by atoms with E-state index in [0.29, 0.717) is 18.1 Å². The lowest BCUT2D eigenvalue weighted by atomic mass is 10.1. The molecule has 2 amide bonds. The fourth-order valence-corrected chi connectivity index (χ4v) is 2.76. The maximum Gasteiger partial charge on any atom is 0.339 e. The zero-order valence-electron chi connectivity index (χ0n) is 17.3. The molecule has 0 bridgehead atoms. The summed E-state index contributed by atoms with van der Waals surface area (Å²) >= 11 is 0. The zero-order valence-corrected chi connectivity index (χ0v) is 17.3. The van der Waals surface area contributed by atoms with Gasteiger partial charge in [-0.3, -0.25) is 0 Å². The number of methoxy groups -OCH3 is 1. The van der Waals surface area contributed by atoms with Gasteiger partial charge in [0, 0.05) is 5.69 Å². The molecule has 0 aliphatic rings. The number of hydrogen-bond donors (Lipinski definition) is 2. The third-order valence-corrected chi connectivity index (χ3v) is 4.48. The minimum absolute atomic E-state index is 0.412. The van der Waals surface area contributed by atoms with Crippen LogP contribution in [-0.4, -0.2) is 19.4 Å². The molecule has 0 saturated heterocycles. The normalized spacial score (nSPS) is 10.6. The van der Waals surface area contributed by atoms with Gasteiger partial charge in [-0.1, -0.05) is 48.0 Å². The van der Waals surface area contributed by atoms with E-state index in [4.69, 9.17) is 9.47 Å². The number of benzene rings is 3. The summed E-state index contributed by atoms with van der Waals surface area (Å²) in [5.41, 5.74) is 7.21. The number of nitrogens with one attached hydrogen (secondary N) is 2. The maximum absolute atomic E-state index is 12.0. The highest BCUT2D eigenvalue weighted by Gasteiger charge is 2.06. The fourth-order valence-electron chi connectivity index (χ4n) is 2.76. The fraction of sp³-hybridized carbons (Fsp3) is 0.167. The third kappa shape index (κ3) is 5.85. The van der Waals surface area contributed by atoms with Crippen LogP contribution in [0.5, 0.6) is 11.5 Å². The molecule has 2 N–H and O–H groups in total. The Labute approximate surface area is 176 Å². The van der Waals surface area contributed by atoms with Gasteiger partial charge in [0.15, 0.2) is 11.5 Å². The molecular weight excluding hydrogens is 378 g/mol. The molecule has 3 rings (SSSR count). The van der Waals surface area contributed by atoms with E-state index < -0.39 is 6.03 Å². The van der Waals surface area contributed by atoms with Gasteiger partial charge in [-0.25, -0.2) is 10.2 Å². The average Bonchev–Trinajstić information content (AvgIpc) is 2.75. The van der Waals surface area contributed by atoms with E-state index in [1.54, 1.807) is 19.4 Å². The van der Waals surface area contributed by atoms with Gasteiger partial charge in [0.2, 0.25) is 0 Å². The average molecular weight is 403 g/mol. The Kier molecular flexibility index (Phi) is 7.05. The quantitative estimate of drug-likeness (QED) is 0.428. The number of amides is 2. The van der Waals surface area contributed by atoms with Crippen molar-refractivity contribution >= 4 is 17.9 Å². The molecule has 3 aromatic rings. The molecule has 154 valence electrons. The third-order valence-electron chi connectivity index (χ3n) is 4.48. The van der Waals surface area contributed by atoms with Gasteiger partial charge in [0.1, 0.15) is 6.61 Å². The number of anilines is 1. The van der Waals surface area contributed by atoms with Crippen LogP contribution >= 0.6 is 0 Å². The van der Waals surface area contributed by atoms with Crippen LogP contribution in [0.25, 0.3) is 0 Å². The number of ether oxygens (including phenoxy) is 2. The minimum atomic E-state index is -0.412. The van der Waals surface area contributed by atoms with Crippen LogP contribution < -0.4 is 20.2 Å². The van der Waals surface area contributed by atoms with Gasteiger partial charge >= 0.3 is 6.03 Å². The van der Waals surface area contributed by atoms with Crippen molar-refractivity contribution in [1.82, 2.24) is 5.43 Å². The molecule has 0 atom stereocenters. The van der Waals surface area contributed by atoms with Crippen molar-refractivity contribution in [3.8, 4) is 11.5 Å². The number of hydrazone groups is 1. The predicted octanol–water partition coefficient (Wildman–Crippen LogP) is 5.05. The highest BCUT2D eigenvalue weighted by molar-refractivity contribution is 5.91. The molecule has 6 heteroatoms. The van der Waals surface area contributed by atoms with E-state index in [0.717, 1.165) is 22.4 Å². The first-order valence-corrected chi connectivity index (χ1v) is 9.57. The number of carbonyl (C=O) groups excluding carboxylic acids is 1. The first-order chi connectivity index (χ1) is 14.5. The number of para-hydroxylation sites is 1. The number of hydrogen-bond acceptors (Lipinski definition) is 4. The van der Waals surface area contributed by atoms with Gasteiger partial charge in [0.05, 0.1) is 13.3 Å². The van der Waals surface area contributed by atoms with Gasteiger partial charge in [-0.05, 0) is 54.8 Å². The molecule has 3 aromatic carbocycles. The van der Waals surface area contributed by atoms with Gasteiger partial charge in [-0.15, -0.1) is 0 Å². The molecule has 6 nitrogen and oxygen atoms in total. The summed E-state index contributed by atoms with van der Waals surface area (Å²) < 4.78 is 11.3. The Hall–Kier alpha value is -3.80. The SMILES string of the molecule is COc1ccc(/C=N\NC(=O)Nc2ccccc2C)cc1OCc1ccc(C)cc1. The Morgan fingerprint density at radius 2 is 1.77 bits per heavy atom. The molecule has 0 unspecified atom stereocenters. The van der Waals surface area contributed by atoms with Crippen molar-refractivity contribution < 1.29 is 14.3 Å². The molecule has 0 aromatic heterocycles. The summed E-state index contributed by atoms with van der Waals surface area (Å²) in [6.45, 7) is 4.40. The summed E-state index contributed by atoms with van der Waals surface area (Å²) in [4.78, 5) is 12.0. The molecular formula is C24H25N3O3. The van der Waals surface area contributed by atoms with Crippen LogP contribution in [0.3, 0.4) is 0 Å². The Morgan fingerprint density at radius 1 is 1.00 bits per heavy atom. The first-order valence-electron chi connectivity index (χ1n) is 9.57. The van der Waals surface area contributed by atoms with Crippen molar-refractivity contribution in [3.05, 3.63) is 89.0 Å². The Morgan fingerprint density at radius 3 is 2.50 bits per heavy atom. The second-order valence-corrected chi connectivity index (χ2v) is 6.82. The van der Waals surface area contributed by atoms with E-state index in [9.17, 15) is 4.79 Å². The monoisotopic (exact) mass is 403 g/mol. The molecule has 0 aliphatic heterocycles. The molecule has 30 heavy (non-hydrogen) atoms. The highest BCUT2D eigenvalue weighted by Crippen LogP contribution is 2.28. The van der Waals surface area contributed by atoms with E-state index in [1.165, 1.54) is 5.56 Å². The molecule has 0 saturated carbocycles. The van der Waals surface area contributed by atoms with E-state index in [-0.39, 0.29) is 0 Å². The molecule has 0 fully saturated rings. The van der Waals surface area contributed by atoms with Crippen molar-refractivity contribution in [2.24, 2.45) is 5.10 Å². The van der Waals surface area contributed by atoms with Gasteiger partial charge in [-0.2, -0.15) is 5.10 Å². The van der Waals surface area contributed by atoms with E-state index >= 15 is 0 Å². The number of rotatable bonds is 7. The zero-order chi connectivity index (χ0) is 21.3. The summed E-state index contributed by atoms with van der Waals surface area (Å²) in [6.07, 6.45) is 1.55. The molecule has 0 spiro atoms. The Bertz CT molecular complexity index is 1030. The van der Waals surface area contributed by atoms with Crippen molar-refractivity contribution in [1.29, 1.82) is 0 Å². The van der Waals surface area contributed by atoms with Gasteiger partial charge < -0.3 is 14.8 Å². The summed E-state index contributed by atoms with van der Waals surface area (Å²) in [7, 11) is 1.60. The maximum atomic E-state index is 12.0. The smallest absolute Gasteiger partial charge is 0.339 e. The van der Waals surface area contributed by atoms with Crippen molar-refractivity contribution in [3.63, 3.8) is 0 Å².